The van der Waals surface area contributed by atoms with Crippen molar-refractivity contribution in [2.24, 2.45) is 7.05 Å². The molecule has 0 radical (unpaired) electrons. The van der Waals surface area contributed by atoms with Crippen LogP contribution in [0.1, 0.15) is 122 Å². The van der Waals surface area contributed by atoms with Gasteiger partial charge in [-0.05, 0) is 12.8 Å². The topological polar surface area (TPSA) is 8.81 Å². The zero-order valence-corrected chi connectivity index (χ0v) is 17.7. The molecule has 0 aromatic carbocycles. The van der Waals surface area contributed by atoms with Gasteiger partial charge in [-0.15, -0.1) is 0 Å². The minimum Gasteiger partial charge on any atom is -0.237 e. The standard InChI is InChI=1S/C23H45N2/c1-5-6-7-8-9-10-11-12-13-14-15-16-17-18-19-25-21-20-24(4)23(25)22(2)3/h20-22H,5-19H2,1-4H3/q+1. The minimum absolute atomic E-state index is 0.603. The molecule has 0 amide bonds. The second-order valence-electron chi connectivity index (χ2n) is 8.21. The maximum absolute atomic E-state index is 2.45. The van der Waals surface area contributed by atoms with E-state index in [-0.39, 0.29) is 0 Å². The van der Waals surface area contributed by atoms with Crippen molar-refractivity contribution in [1.82, 2.24) is 4.57 Å². The molecule has 1 aromatic heterocycles. The summed E-state index contributed by atoms with van der Waals surface area (Å²) < 4.78 is 4.72. The van der Waals surface area contributed by atoms with E-state index in [1.54, 1.807) is 0 Å². The van der Waals surface area contributed by atoms with Gasteiger partial charge in [-0.2, -0.15) is 0 Å². The van der Waals surface area contributed by atoms with Crippen molar-refractivity contribution in [2.45, 2.75) is 123 Å². The number of rotatable bonds is 16. The molecule has 0 saturated carbocycles. The second kappa shape index (κ2) is 14.4. The number of aryl methyl sites for hydroxylation is 2. The normalized spacial score (nSPS) is 11.6. The molecule has 0 saturated heterocycles. The van der Waals surface area contributed by atoms with Crippen molar-refractivity contribution in [3.8, 4) is 0 Å². The van der Waals surface area contributed by atoms with E-state index in [9.17, 15) is 0 Å². The Bertz CT molecular complexity index is 420. The zero-order valence-electron chi connectivity index (χ0n) is 17.7. The van der Waals surface area contributed by atoms with E-state index in [2.05, 4.69) is 49.3 Å². The Balaban J connectivity index is 1.90. The third-order valence-electron chi connectivity index (χ3n) is 5.39. The van der Waals surface area contributed by atoms with Crippen LogP contribution in [0.2, 0.25) is 0 Å². The Morgan fingerprint density at radius 1 is 0.760 bits per heavy atom. The summed E-state index contributed by atoms with van der Waals surface area (Å²) in [4.78, 5) is 0. The van der Waals surface area contributed by atoms with E-state index in [1.807, 2.05) is 0 Å². The van der Waals surface area contributed by atoms with Crippen molar-refractivity contribution < 1.29 is 4.57 Å². The Hall–Kier alpha value is -0.790. The van der Waals surface area contributed by atoms with Gasteiger partial charge in [0.25, 0.3) is 5.82 Å². The molecule has 0 atom stereocenters. The fraction of sp³-hybridized carbons (Fsp3) is 0.870. The molecule has 146 valence electrons. The molecule has 0 unspecified atom stereocenters. The van der Waals surface area contributed by atoms with Gasteiger partial charge in [-0.25, -0.2) is 9.13 Å². The summed E-state index contributed by atoms with van der Waals surface area (Å²) in [5, 5.41) is 0. The van der Waals surface area contributed by atoms with Crippen molar-refractivity contribution >= 4 is 0 Å². The van der Waals surface area contributed by atoms with Crippen LogP contribution in [0.25, 0.3) is 0 Å². The smallest absolute Gasteiger partial charge is 0.237 e. The Kier molecular flexibility index (Phi) is 12.8. The highest BCUT2D eigenvalue weighted by molar-refractivity contribution is 4.88. The lowest BCUT2D eigenvalue weighted by molar-refractivity contribution is -0.705. The van der Waals surface area contributed by atoms with Crippen molar-refractivity contribution in [1.29, 1.82) is 0 Å². The van der Waals surface area contributed by atoms with Crippen LogP contribution >= 0.6 is 0 Å². The quantitative estimate of drug-likeness (QED) is 0.226. The molecule has 2 heteroatoms. The van der Waals surface area contributed by atoms with E-state index < -0.39 is 0 Å². The third kappa shape index (κ3) is 10.1. The molecule has 0 fully saturated rings. The molecular formula is C23H45N2+. The van der Waals surface area contributed by atoms with Gasteiger partial charge < -0.3 is 0 Å². The number of hydrogen-bond acceptors (Lipinski definition) is 0. The van der Waals surface area contributed by atoms with Crippen LogP contribution in [0.4, 0.5) is 0 Å². The zero-order chi connectivity index (χ0) is 18.3. The van der Waals surface area contributed by atoms with Gasteiger partial charge >= 0.3 is 0 Å². The van der Waals surface area contributed by atoms with E-state index in [1.165, 1.54) is 102 Å². The van der Waals surface area contributed by atoms with Crippen molar-refractivity contribution in [3.63, 3.8) is 0 Å². The number of imidazole rings is 1. The van der Waals surface area contributed by atoms with E-state index in [0.717, 1.165) is 0 Å². The van der Waals surface area contributed by atoms with Gasteiger partial charge in [-0.1, -0.05) is 97.8 Å². The molecule has 0 aliphatic rings. The number of hydrogen-bond donors (Lipinski definition) is 0. The molecule has 1 rings (SSSR count). The molecule has 0 N–H and O–H groups in total. The van der Waals surface area contributed by atoms with Crippen LogP contribution in [0.3, 0.4) is 0 Å². The van der Waals surface area contributed by atoms with Crippen LogP contribution in [0, 0.1) is 0 Å². The highest BCUT2D eigenvalue weighted by atomic mass is 15.1. The summed E-state index contributed by atoms with van der Waals surface area (Å²) in [6.07, 6.45) is 24.5. The fourth-order valence-electron chi connectivity index (χ4n) is 3.94. The minimum atomic E-state index is 0.603. The van der Waals surface area contributed by atoms with Crippen LogP contribution < -0.4 is 4.57 Å². The van der Waals surface area contributed by atoms with Crippen LogP contribution in [0.5, 0.6) is 0 Å². The average molecular weight is 350 g/mol. The van der Waals surface area contributed by atoms with Crippen molar-refractivity contribution in [2.75, 3.05) is 0 Å². The SMILES string of the molecule is CCCCCCCCCCCCCCCC[n+]1ccn(C)c1C(C)C. The third-order valence-corrected chi connectivity index (χ3v) is 5.39. The molecule has 0 bridgehead atoms. The van der Waals surface area contributed by atoms with Gasteiger partial charge in [0, 0.05) is 0 Å². The lowest BCUT2D eigenvalue weighted by atomic mass is 10.0. The van der Waals surface area contributed by atoms with Crippen LogP contribution in [-0.2, 0) is 13.6 Å². The lowest BCUT2D eigenvalue weighted by Gasteiger charge is -2.06. The monoisotopic (exact) mass is 349 g/mol. The highest BCUT2D eigenvalue weighted by Gasteiger charge is 2.17. The first-order valence-electron chi connectivity index (χ1n) is 11.2. The molecule has 1 heterocycles. The average Bonchev–Trinajstić information content (AvgIpc) is 2.96. The van der Waals surface area contributed by atoms with Crippen LogP contribution in [0.15, 0.2) is 12.4 Å². The van der Waals surface area contributed by atoms with Crippen molar-refractivity contribution in [3.05, 3.63) is 18.2 Å². The first-order chi connectivity index (χ1) is 12.2. The predicted octanol–water partition coefficient (Wildman–Crippen LogP) is 6.92. The number of unbranched alkanes of at least 4 members (excludes halogenated alkanes) is 13. The second-order valence-corrected chi connectivity index (χ2v) is 8.21. The van der Waals surface area contributed by atoms with Gasteiger partial charge in [-0.3, -0.25) is 0 Å². The first kappa shape index (κ1) is 22.3. The molecule has 2 nitrogen and oxygen atoms in total. The Labute approximate surface area is 158 Å². The lowest BCUT2D eigenvalue weighted by Crippen LogP contribution is -2.37. The first-order valence-corrected chi connectivity index (χ1v) is 11.2. The molecule has 25 heavy (non-hydrogen) atoms. The molecular weight excluding hydrogens is 304 g/mol. The largest absolute Gasteiger partial charge is 0.258 e. The summed E-state index contributed by atoms with van der Waals surface area (Å²) in [5.74, 6) is 2.06. The summed E-state index contributed by atoms with van der Waals surface area (Å²) in [6, 6.07) is 0. The summed E-state index contributed by atoms with van der Waals surface area (Å²) in [6.45, 7) is 8.06. The van der Waals surface area contributed by atoms with E-state index >= 15 is 0 Å². The van der Waals surface area contributed by atoms with Gasteiger partial charge in [0.15, 0.2) is 0 Å². The molecule has 0 aliphatic carbocycles. The Morgan fingerprint density at radius 2 is 1.20 bits per heavy atom. The van der Waals surface area contributed by atoms with E-state index in [4.69, 9.17) is 0 Å². The molecule has 0 aliphatic heterocycles. The summed E-state index contributed by atoms with van der Waals surface area (Å²) >= 11 is 0. The number of aromatic nitrogens is 2. The highest BCUT2D eigenvalue weighted by Crippen LogP contribution is 2.13. The van der Waals surface area contributed by atoms with Crippen LogP contribution in [-0.4, -0.2) is 4.57 Å². The van der Waals surface area contributed by atoms with E-state index in [0.29, 0.717) is 5.92 Å². The molecule has 1 aromatic rings. The Morgan fingerprint density at radius 3 is 1.64 bits per heavy atom. The number of nitrogens with zero attached hydrogens (tertiary/aromatic N) is 2. The predicted molar refractivity (Wildman–Crippen MR) is 110 cm³/mol. The maximum atomic E-state index is 2.45. The maximum Gasteiger partial charge on any atom is 0.258 e. The molecule has 0 spiro atoms. The van der Waals surface area contributed by atoms with Gasteiger partial charge in [0.05, 0.1) is 19.5 Å². The van der Waals surface area contributed by atoms with Gasteiger partial charge in [0.2, 0.25) is 0 Å². The van der Waals surface area contributed by atoms with Gasteiger partial charge in [0.1, 0.15) is 12.4 Å². The summed E-state index contributed by atoms with van der Waals surface area (Å²) in [7, 11) is 2.16. The fourth-order valence-corrected chi connectivity index (χ4v) is 3.94. The summed E-state index contributed by atoms with van der Waals surface area (Å²) in [5.41, 5.74) is 0.